The zero-order valence-corrected chi connectivity index (χ0v) is 26.8. The predicted octanol–water partition coefficient (Wildman–Crippen LogP) is 8.05. The molecule has 0 aromatic heterocycles. The van der Waals surface area contributed by atoms with Crippen LogP contribution in [0.1, 0.15) is 113 Å². The molecule has 2 N–H and O–H groups in total. The van der Waals surface area contributed by atoms with Crippen molar-refractivity contribution in [3.63, 3.8) is 0 Å². The van der Waals surface area contributed by atoms with Crippen LogP contribution in [0.25, 0.3) is 43.1 Å². The van der Waals surface area contributed by atoms with Crippen LogP contribution in [0.5, 0.6) is 0 Å². The SMILES string of the molecule is CCCCCCC(CCCC)CN1C(=O)c2ccc3c4ccc5c6c(ccc(c7ccc(c2c37)C1=O)c64)C(=O)N(CCCN)C5=O. The average molecular weight is 616 g/mol. The number of benzene rings is 5. The molecule has 0 radical (unpaired) electrons. The van der Waals surface area contributed by atoms with E-state index >= 15 is 0 Å². The van der Waals surface area contributed by atoms with Crippen molar-refractivity contribution in [2.75, 3.05) is 19.6 Å². The lowest BCUT2D eigenvalue weighted by Gasteiger charge is -2.32. The number of hydrogen-bond acceptors (Lipinski definition) is 5. The molecule has 5 aromatic carbocycles. The number of amides is 4. The van der Waals surface area contributed by atoms with Crippen LogP contribution in [0.2, 0.25) is 0 Å². The Kier molecular flexibility index (Phi) is 7.97. The van der Waals surface area contributed by atoms with Gasteiger partial charge in [0.15, 0.2) is 0 Å². The van der Waals surface area contributed by atoms with Gasteiger partial charge in [0.05, 0.1) is 0 Å². The molecule has 0 spiro atoms. The highest BCUT2D eigenvalue weighted by Crippen LogP contribution is 2.46. The fraction of sp³-hybridized carbons (Fsp3) is 0.385. The van der Waals surface area contributed by atoms with Gasteiger partial charge >= 0.3 is 0 Å². The van der Waals surface area contributed by atoms with E-state index < -0.39 is 0 Å². The van der Waals surface area contributed by atoms with Crippen LogP contribution in [-0.4, -0.2) is 53.1 Å². The van der Waals surface area contributed by atoms with E-state index in [9.17, 15) is 19.2 Å². The maximum absolute atomic E-state index is 14.1. The van der Waals surface area contributed by atoms with Gasteiger partial charge in [-0.1, -0.05) is 76.6 Å². The molecule has 0 saturated heterocycles. The molecule has 2 aliphatic heterocycles. The van der Waals surface area contributed by atoms with Gasteiger partial charge in [-0.25, -0.2) is 0 Å². The quantitative estimate of drug-likeness (QED) is 0.0625. The molecule has 4 amide bonds. The van der Waals surface area contributed by atoms with Crippen LogP contribution in [0.4, 0.5) is 0 Å². The van der Waals surface area contributed by atoms with Crippen molar-refractivity contribution in [2.24, 2.45) is 11.7 Å². The fourth-order valence-corrected chi connectivity index (χ4v) is 7.92. The third kappa shape index (κ3) is 4.58. The molecule has 7 nitrogen and oxygen atoms in total. The molecule has 5 aromatic rings. The highest BCUT2D eigenvalue weighted by atomic mass is 16.2. The summed E-state index contributed by atoms with van der Waals surface area (Å²) in [6, 6.07) is 15.2. The molecule has 0 fully saturated rings. The second-order valence-electron chi connectivity index (χ2n) is 13.1. The molecular weight excluding hydrogens is 574 g/mol. The van der Waals surface area contributed by atoms with E-state index in [1.54, 1.807) is 0 Å². The summed E-state index contributed by atoms with van der Waals surface area (Å²) in [5, 5.41) is 6.73. The lowest BCUT2D eigenvalue weighted by atomic mass is 9.82. The van der Waals surface area contributed by atoms with Gasteiger partial charge in [-0.05, 0) is 88.3 Å². The Hall–Kier alpha value is -4.36. The van der Waals surface area contributed by atoms with Crippen LogP contribution >= 0.6 is 0 Å². The molecular formula is C39H41N3O4. The number of nitrogens with two attached hydrogens (primary N) is 1. The first-order valence-corrected chi connectivity index (χ1v) is 17.0. The summed E-state index contributed by atoms with van der Waals surface area (Å²) in [4.78, 5) is 58.0. The fourth-order valence-electron chi connectivity index (χ4n) is 7.92. The molecule has 1 atom stereocenters. The van der Waals surface area contributed by atoms with Crippen LogP contribution < -0.4 is 5.73 Å². The van der Waals surface area contributed by atoms with E-state index in [1.165, 1.54) is 29.1 Å². The van der Waals surface area contributed by atoms with Gasteiger partial charge in [0, 0.05) is 46.1 Å². The van der Waals surface area contributed by atoms with Crippen LogP contribution in [0, 0.1) is 5.92 Å². The molecule has 46 heavy (non-hydrogen) atoms. The van der Waals surface area contributed by atoms with Crippen LogP contribution in [0.15, 0.2) is 48.5 Å². The van der Waals surface area contributed by atoms with E-state index in [4.69, 9.17) is 5.73 Å². The normalized spacial score (nSPS) is 15.5. The van der Waals surface area contributed by atoms with Crippen molar-refractivity contribution >= 4 is 66.7 Å². The predicted molar refractivity (Wildman–Crippen MR) is 184 cm³/mol. The van der Waals surface area contributed by atoms with Crippen molar-refractivity contribution in [3.8, 4) is 0 Å². The number of hydrogen-bond donors (Lipinski definition) is 1. The van der Waals surface area contributed by atoms with E-state index in [2.05, 4.69) is 13.8 Å². The number of unbranched alkanes of at least 4 members (excludes halogenated alkanes) is 4. The van der Waals surface area contributed by atoms with Crippen molar-refractivity contribution in [2.45, 2.75) is 71.6 Å². The Bertz CT molecular complexity index is 1930. The smallest absolute Gasteiger partial charge is 0.261 e. The molecule has 236 valence electrons. The van der Waals surface area contributed by atoms with Gasteiger partial charge in [-0.2, -0.15) is 0 Å². The van der Waals surface area contributed by atoms with Crippen LogP contribution in [-0.2, 0) is 0 Å². The summed E-state index contributed by atoms with van der Waals surface area (Å²) in [5.74, 6) is -0.751. The Morgan fingerprint density at radius 2 is 0.957 bits per heavy atom. The maximum atomic E-state index is 14.1. The second-order valence-corrected chi connectivity index (χ2v) is 13.1. The second kappa shape index (κ2) is 12.1. The minimum atomic E-state index is -0.301. The minimum Gasteiger partial charge on any atom is -0.330 e. The number of imide groups is 2. The van der Waals surface area contributed by atoms with E-state index in [-0.39, 0.29) is 30.2 Å². The summed E-state index contributed by atoms with van der Waals surface area (Å²) in [6.45, 7) is 5.51. The monoisotopic (exact) mass is 615 g/mol. The largest absolute Gasteiger partial charge is 0.330 e. The molecule has 1 unspecified atom stereocenters. The molecule has 2 heterocycles. The van der Waals surface area contributed by atoms with Gasteiger partial charge in [-0.15, -0.1) is 0 Å². The lowest BCUT2D eigenvalue weighted by Crippen LogP contribution is -2.43. The Morgan fingerprint density at radius 3 is 1.39 bits per heavy atom. The summed E-state index contributed by atoms with van der Waals surface area (Å²) < 4.78 is 0. The maximum Gasteiger partial charge on any atom is 0.261 e. The van der Waals surface area contributed by atoms with Gasteiger partial charge in [-0.3, -0.25) is 29.0 Å². The van der Waals surface area contributed by atoms with Gasteiger partial charge in [0.25, 0.3) is 23.6 Å². The lowest BCUT2D eigenvalue weighted by molar-refractivity contribution is 0.0571. The molecule has 0 saturated carbocycles. The van der Waals surface area contributed by atoms with E-state index in [0.717, 1.165) is 64.4 Å². The first-order valence-electron chi connectivity index (χ1n) is 17.0. The zero-order chi connectivity index (χ0) is 32.1. The Balaban J connectivity index is 1.35. The number of carbonyl (C=O) groups is 4. The summed E-state index contributed by atoms with van der Waals surface area (Å²) in [7, 11) is 0. The molecule has 0 aliphatic carbocycles. The highest BCUT2D eigenvalue weighted by molar-refractivity contribution is 6.41. The average Bonchev–Trinajstić information content (AvgIpc) is 3.07. The van der Waals surface area contributed by atoms with Crippen molar-refractivity contribution < 1.29 is 19.2 Å². The first-order chi connectivity index (χ1) is 22.4. The van der Waals surface area contributed by atoms with Gasteiger partial charge < -0.3 is 5.73 Å². The topological polar surface area (TPSA) is 101 Å². The van der Waals surface area contributed by atoms with Crippen molar-refractivity contribution in [1.29, 1.82) is 0 Å². The Labute approximate surface area is 269 Å². The molecule has 7 rings (SSSR count). The highest BCUT2D eigenvalue weighted by Gasteiger charge is 2.37. The number of rotatable bonds is 13. The number of fused-ring (bicyclic) bond motifs is 2. The summed E-state index contributed by atoms with van der Waals surface area (Å²) in [5.41, 5.74) is 7.83. The Morgan fingerprint density at radius 1 is 0.522 bits per heavy atom. The third-order valence-electron chi connectivity index (χ3n) is 10.3. The van der Waals surface area contributed by atoms with E-state index in [1.807, 2.05) is 48.5 Å². The minimum absolute atomic E-state index is 0.221. The van der Waals surface area contributed by atoms with Crippen LogP contribution in [0.3, 0.4) is 0 Å². The van der Waals surface area contributed by atoms with Gasteiger partial charge in [0.1, 0.15) is 0 Å². The molecule has 2 aliphatic rings. The van der Waals surface area contributed by atoms with Crippen molar-refractivity contribution in [3.05, 3.63) is 70.8 Å². The summed E-state index contributed by atoms with van der Waals surface area (Å²) in [6.07, 6.45) is 9.45. The molecule has 7 heteroatoms. The van der Waals surface area contributed by atoms with Gasteiger partial charge in [0.2, 0.25) is 0 Å². The number of carbonyl (C=O) groups excluding carboxylic acids is 4. The van der Waals surface area contributed by atoms with Crippen molar-refractivity contribution in [1.82, 2.24) is 9.80 Å². The standard InChI is InChI=1S/C39H41N3O4/c1-3-5-7-8-11-23(10-6-4-2)22-42-38(45)30-18-14-26-24-12-16-28-34-29(37(44)41(36(28)43)21-9-20-40)17-13-25(32(24)34)27-15-19-31(39(42)46)35(30)33(26)27/h12-19,23H,3-11,20-22,40H2,1-2H3. The zero-order valence-electron chi connectivity index (χ0n) is 26.8. The first kappa shape index (κ1) is 30.3. The molecule has 0 bridgehead atoms. The summed E-state index contributed by atoms with van der Waals surface area (Å²) >= 11 is 0. The third-order valence-corrected chi connectivity index (χ3v) is 10.3. The number of nitrogens with zero attached hydrogens (tertiary/aromatic N) is 2. The van der Waals surface area contributed by atoms with E-state index in [0.29, 0.717) is 58.5 Å².